The van der Waals surface area contributed by atoms with E-state index in [1.807, 2.05) is 58.0 Å². The Morgan fingerprint density at radius 3 is 1.92 bits per heavy atom. The highest BCUT2D eigenvalue weighted by Gasteiger charge is 2.13. The van der Waals surface area contributed by atoms with Gasteiger partial charge in [-0.25, -0.2) is 0 Å². The van der Waals surface area contributed by atoms with Gasteiger partial charge in [-0.3, -0.25) is 0 Å². The molecule has 3 aromatic rings. The fraction of sp³-hybridized carbons (Fsp3) is 0.200. The van der Waals surface area contributed by atoms with E-state index in [9.17, 15) is 0 Å². The van der Waals surface area contributed by atoms with Crippen LogP contribution in [0.25, 0.3) is 0 Å². The lowest BCUT2D eigenvalue weighted by Crippen LogP contribution is -2.01. The number of nitrogen functional groups attached to an aromatic ring is 1. The molecule has 2 aromatic carbocycles. The molecule has 0 atom stereocenters. The maximum atomic E-state index is 6.15. The van der Waals surface area contributed by atoms with Crippen LogP contribution in [0.5, 0.6) is 23.3 Å². The molecule has 0 amide bonds. The average Bonchev–Trinajstić information content (AvgIpc) is 2.54. The Morgan fingerprint density at radius 2 is 1.32 bits per heavy atom. The lowest BCUT2D eigenvalue weighted by atomic mass is 10.1. The SMILES string of the molecule is Cc1cc(C)cc(Oc2ncnc(Oc3ccc(C)c(C)c3)c2N)c1. The smallest absolute Gasteiger partial charge is 0.249 e. The minimum atomic E-state index is 0.264. The van der Waals surface area contributed by atoms with Gasteiger partial charge in [0.2, 0.25) is 11.8 Å². The van der Waals surface area contributed by atoms with Crippen molar-refractivity contribution in [2.45, 2.75) is 27.7 Å². The van der Waals surface area contributed by atoms with Crippen LogP contribution in [0, 0.1) is 27.7 Å². The fourth-order valence-corrected chi connectivity index (χ4v) is 2.52. The van der Waals surface area contributed by atoms with Gasteiger partial charge >= 0.3 is 0 Å². The topological polar surface area (TPSA) is 70.3 Å². The van der Waals surface area contributed by atoms with E-state index in [1.165, 1.54) is 11.9 Å². The van der Waals surface area contributed by atoms with Crippen molar-refractivity contribution in [2.24, 2.45) is 0 Å². The maximum Gasteiger partial charge on any atom is 0.249 e. The minimum absolute atomic E-state index is 0.264. The molecule has 0 saturated heterocycles. The van der Waals surface area contributed by atoms with Crippen LogP contribution in [0.3, 0.4) is 0 Å². The first kappa shape index (κ1) is 16.8. The van der Waals surface area contributed by atoms with E-state index in [2.05, 4.69) is 16.0 Å². The van der Waals surface area contributed by atoms with Crippen molar-refractivity contribution in [3.63, 3.8) is 0 Å². The van der Waals surface area contributed by atoms with Crippen LogP contribution < -0.4 is 15.2 Å². The van der Waals surface area contributed by atoms with Gasteiger partial charge in [0.1, 0.15) is 17.8 Å². The number of aryl methyl sites for hydroxylation is 4. The zero-order chi connectivity index (χ0) is 18.0. The Labute approximate surface area is 147 Å². The molecule has 1 heterocycles. The summed E-state index contributed by atoms with van der Waals surface area (Å²) in [4.78, 5) is 8.25. The zero-order valence-electron chi connectivity index (χ0n) is 14.8. The molecule has 0 aliphatic heterocycles. The molecule has 3 rings (SSSR count). The molecular formula is C20H21N3O2. The number of hydrogen-bond acceptors (Lipinski definition) is 5. The van der Waals surface area contributed by atoms with Gasteiger partial charge in [0, 0.05) is 0 Å². The molecule has 0 saturated carbocycles. The van der Waals surface area contributed by atoms with E-state index in [0.717, 1.165) is 16.7 Å². The minimum Gasteiger partial charge on any atom is -0.437 e. The first-order valence-electron chi connectivity index (χ1n) is 8.04. The van der Waals surface area contributed by atoms with Crippen LogP contribution in [-0.2, 0) is 0 Å². The maximum absolute atomic E-state index is 6.15. The van der Waals surface area contributed by atoms with Crippen LogP contribution >= 0.6 is 0 Å². The highest BCUT2D eigenvalue weighted by Crippen LogP contribution is 2.34. The summed E-state index contributed by atoms with van der Waals surface area (Å²) in [6, 6.07) is 11.8. The number of anilines is 1. The first-order chi connectivity index (χ1) is 11.9. The first-order valence-corrected chi connectivity index (χ1v) is 8.04. The van der Waals surface area contributed by atoms with Gasteiger partial charge in [-0.15, -0.1) is 0 Å². The average molecular weight is 335 g/mol. The molecule has 5 heteroatoms. The standard InChI is InChI=1S/C20H21N3O2/c1-12-7-13(2)9-17(8-12)25-20-18(21)19(22-11-23-20)24-16-6-5-14(3)15(4)10-16/h5-11H,21H2,1-4H3. The van der Waals surface area contributed by atoms with Crippen molar-refractivity contribution in [1.29, 1.82) is 0 Å². The summed E-state index contributed by atoms with van der Waals surface area (Å²) in [5.41, 5.74) is 11.0. The molecule has 0 unspecified atom stereocenters. The van der Waals surface area contributed by atoms with Gasteiger partial charge in [0.15, 0.2) is 5.69 Å². The summed E-state index contributed by atoms with van der Waals surface area (Å²) >= 11 is 0. The summed E-state index contributed by atoms with van der Waals surface area (Å²) < 4.78 is 11.7. The number of aromatic nitrogens is 2. The molecule has 0 fully saturated rings. The summed E-state index contributed by atoms with van der Waals surface area (Å²) in [5.74, 6) is 1.90. The molecular weight excluding hydrogens is 314 g/mol. The van der Waals surface area contributed by atoms with E-state index in [4.69, 9.17) is 15.2 Å². The van der Waals surface area contributed by atoms with E-state index in [1.54, 1.807) is 0 Å². The third kappa shape index (κ3) is 3.88. The third-order valence-corrected chi connectivity index (χ3v) is 3.91. The van der Waals surface area contributed by atoms with Crippen molar-refractivity contribution in [1.82, 2.24) is 9.97 Å². The third-order valence-electron chi connectivity index (χ3n) is 3.91. The Balaban J connectivity index is 1.87. The van der Waals surface area contributed by atoms with E-state index >= 15 is 0 Å². The van der Waals surface area contributed by atoms with Crippen molar-refractivity contribution < 1.29 is 9.47 Å². The summed E-state index contributed by atoms with van der Waals surface area (Å²) in [7, 11) is 0. The molecule has 5 nitrogen and oxygen atoms in total. The lowest BCUT2D eigenvalue weighted by Gasteiger charge is -2.12. The Bertz CT molecular complexity index is 903. The van der Waals surface area contributed by atoms with Crippen molar-refractivity contribution in [3.05, 3.63) is 65.0 Å². The van der Waals surface area contributed by atoms with Gasteiger partial charge < -0.3 is 15.2 Å². The molecule has 0 radical (unpaired) electrons. The predicted octanol–water partition coefficient (Wildman–Crippen LogP) is 4.88. The zero-order valence-corrected chi connectivity index (χ0v) is 14.8. The van der Waals surface area contributed by atoms with Crippen molar-refractivity contribution in [3.8, 4) is 23.3 Å². The molecule has 1 aromatic heterocycles. The summed E-state index contributed by atoms with van der Waals surface area (Å²) in [6.07, 6.45) is 1.38. The highest BCUT2D eigenvalue weighted by atomic mass is 16.5. The van der Waals surface area contributed by atoms with Gasteiger partial charge in [0.05, 0.1) is 0 Å². The predicted molar refractivity (Wildman–Crippen MR) is 98.4 cm³/mol. The van der Waals surface area contributed by atoms with E-state index in [0.29, 0.717) is 11.5 Å². The van der Waals surface area contributed by atoms with Crippen LogP contribution in [0.4, 0.5) is 5.69 Å². The second-order valence-corrected chi connectivity index (χ2v) is 6.17. The Kier molecular flexibility index (Phi) is 4.57. The number of benzene rings is 2. The van der Waals surface area contributed by atoms with Crippen LogP contribution in [-0.4, -0.2) is 9.97 Å². The quantitative estimate of drug-likeness (QED) is 0.736. The van der Waals surface area contributed by atoms with E-state index in [-0.39, 0.29) is 17.4 Å². The number of rotatable bonds is 4. The van der Waals surface area contributed by atoms with E-state index < -0.39 is 0 Å². The molecule has 25 heavy (non-hydrogen) atoms. The summed E-state index contributed by atoms with van der Waals surface area (Å²) in [6.45, 7) is 8.10. The number of nitrogens with two attached hydrogens (primary N) is 1. The monoisotopic (exact) mass is 335 g/mol. The Morgan fingerprint density at radius 1 is 0.720 bits per heavy atom. The van der Waals surface area contributed by atoms with Crippen LogP contribution in [0.1, 0.15) is 22.3 Å². The number of hydrogen-bond donors (Lipinski definition) is 1. The second kappa shape index (κ2) is 6.81. The second-order valence-electron chi connectivity index (χ2n) is 6.17. The molecule has 0 aliphatic rings. The van der Waals surface area contributed by atoms with Gasteiger partial charge in [0.25, 0.3) is 0 Å². The highest BCUT2D eigenvalue weighted by molar-refractivity contribution is 5.58. The van der Waals surface area contributed by atoms with Gasteiger partial charge in [-0.2, -0.15) is 9.97 Å². The number of nitrogens with zero attached hydrogens (tertiary/aromatic N) is 2. The van der Waals surface area contributed by atoms with Crippen LogP contribution in [0.15, 0.2) is 42.7 Å². The molecule has 2 N–H and O–H groups in total. The summed E-state index contributed by atoms with van der Waals surface area (Å²) in [5, 5.41) is 0. The normalized spacial score (nSPS) is 10.6. The molecule has 0 bridgehead atoms. The van der Waals surface area contributed by atoms with Crippen LogP contribution in [0.2, 0.25) is 0 Å². The largest absolute Gasteiger partial charge is 0.437 e. The molecule has 0 aliphatic carbocycles. The Hall–Kier alpha value is -3.08. The molecule has 128 valence electrons. The van der Waals surface area contributed by atoms with Crippen molar-refractivity contribution >= 4 is 5.69 Å². The number of ether oxygens (including phenoxy) is 2. The van der Waals surface area contributed by atoms with Gasteiger partial charge in [-0.1, -0.05) is 12.1 Å². The van der Waals surface area contributed by atoms with Crippen molar-refractivity contribution in [2.75, 3.05) is 5.73 Å². The lowest BCUT2D eigenvalue weighted by molar-refractivity contribution is 0.438. The molecule has 0 spiro atoms. The fourth-order valence-electron chi connectivity index (χ4n) is 2.52. The van der Waals surface area contributed by atoms with Gasteiger partial charge in [-0.05, 0) is 74.2 Å².